The molecule has 0 amide bonds. The molecule has 0 aliphatic carbocycles. The smallest absolute Gasteiger partial charge is 0.203 e. The molecule has 1 fully saturated rings. The number of methoxy groups -OCH3 is 2. The maximum Gasteiger partial charge on any atom is 0.203 e. The number of hydrogen-bond donors (Lipinski definition) is 1. The first-order valence-corrected chi connectivity index (χ1v) is 8.59. The fraction of sp³-hybridized carbons (Fsp3) is 0.400. The summed E-state index contributed by atoms with van der Waals surface area (Å²) < 4.78 is 37.1. The molecule has 26 heavy (non-hydrogen) atoms. The van der Waals surface area contributed by atoms with Crippen LogP contribution in [0.5, 0.6) is 17.2 Å². The van der Waals surface area contributed by atoms with E-state index in [1.165, 1.54) is 26.4 Å². The molecule has 2 aromatic carbocycles. The van der Waals surface area contributed by atoms with Crippen LogP contribution in [0.4, 0.5) is 8.78 Å². The van der Waals surface area contributed by atoms with Gasteiger partial charge in [-0.3, -0.25) is 4.90 Å². The van der Waals surface area contributed by atoms with Gasteiger partial charge in [0.15, 0.2) is 11.5 Å². The van der Waals surface area contributed by atoms with Crippen molar-refractivity contribution in [1.29, 1.82) is 0 Å². The summed E-state index contributed by atoms with van der Waals surface area (Å²) in [6.07, 6.45) is 1.62. The molecule has 1 heterocycles. The molecule has 1 saturated heterocycles. The zero-order valence-electron chi connectivity index (χ0n) is 15.0. The molecule has 0 spiro atoms. The third kappa shape index (κ3) is 4.25. The van der Waals surface area contributed by atoms with Crippen LogP contribution in [0, 0.1) is 17.6 Å². The van der Waals surface area contributed by atoms with Crippen molar-refractivity contribution < 1.29 is 23.4 Å². The van der Waals surface area contributed by atoms with E-state index in [9.17, 15) is 13.9 Å². The molecule has 0 saturated carbocycles. The van der Waals surface area contributed by atoms with Gasteiger partial charge in [-0.2, -0.15) is 0 Å². The van der Waals surface area contributed by atoms with Gasteiger partial charge in [-0.15, -0.1) is 0 Å². The summed E-state index contributed by atoms with van der Waals surface area (Å²) in [6, 6.07) is 7.23. The van der Waals surface area contributed by atoms with Gasteiger partial charge in [-0.1, -0.05) is 0 Å². The van der Waals surface area contributed by atoms with Crippen molar-refractivity contribution >= 4 is 0 Å². The van der Waals surface area contributed by atoms with Crippen LogP contribution in [-0.4, -0.2) is 37.3 Å². The normalized spacial score (nSPS) is 17.5. The number of halogens is 2. The minimum absolute atomic E-state index is 0.0489. The predicted octanol–water partition coefficient (Wildman–Crippen LogP) is 3.75. The molecular formula is C20H23F2NO3. The lowest BCUT2D eigenvalue weighted by molar-refractivity contribution is 0.310. The van der Waals surface area contributed by atoms with Crippen LogP contribution >= 0.6 is 0 Å². The van der Waals surface area contributed by atoms with Crippen LogP contribution in [0.15, 0.2) is 30.3 Å². The average molecular weight is 363 g/mol. The third-order valence-corrected chi connectivity index (χ3v) is 4.74. The van der Waals surface area contributed by atoms with Gasteiger partial charge in [0.05, 0.1) is 14.2 Å². The summed E-state index contributed by atoms with van der Waals surface area (Å²) in [5.41, 5.74) is 1.62. The van der Waals surface area contributed by atoms with Gasteiger partial charge < -0.3 is 14.6 Å². The zero-order valence-corrected chi connectivity index (χ0v) is 15.0. The van der Waals surface area contributed by atoms with Gasteiger partial charge >= 0.3 is 0 Å². The van der Waals surface area contributed by atoms with Gasteiger partial charge in [0, 0.05) is 19.2 Å². The number of hydrogen-bond acceptors (Lipinski definition) is 4. The number of likely N-dealkylation sites (tertiary alicyclic amines) is 1. The van der Waals surface area contributed by atoms with Crippen LogP contribution < -0.4 is 9.47 Å². The lowest BCUT2D eigenvalue weighted by Crippen LogP contribution is -2.20. The number of aromatic hydroxyl groups is 1. The highest BCUT2D eigenvalue weighted by atomic mass is 19.1. The van der Waals surface area contributed by atoms with Gasteiger partial charge in [0.2, 0.25) is 5.75 Å². The molecule has 1 N–H and O–H groups in total. The SMILES string of the molecule is COc1cc(CN2CCC(Cc3cc(F)cc(F)c3)C2)cc(O)c1OC. The standard InChI is InChI=1S/C20H23F2NO3/c1-25-19-9-15(8-18(24)20(19)26-2)12-23-4-3-13(11-23)5-14-6-16(21)10-17(22)7-14/h6-10,13,24H,3-5,11-12H2,1-2H3. The summed E-state index contributed by atoms with van der Waals surface area (Å²) in [7, 11) is 3.02. The molecular weight excluding hydrogens is 340 g/mol. The highest BCUT2D eigenvalue weighted by Gasteiger charge is 2.24. The lowest BCUT2D eigenvalue weighted by Gasteiger charge is -2.18. The number of nitrogens with zero attached hydrogens (tertiary/aromatic N) is 1. The Morgan fingerprint density at radius 1 is 1.04 bits per heavy atom. The lowest BCUT2D eigenvalue weighted by atomic mass is 9.98. The molecule has 1 unspecified atom stereocenters. The fourth-order valence-corrected chi connectivity index (χ4v) is 3.63. The Hall–Kier alpha value is -2.34. The van der Waals surface area contributed by atoms with Gasteiger partial charge in [0.25, 0.3) is 0 Å². The maximum atomic E-state index is 13.3. The quantitative estimate of drug-likeness (QED) is 0.849. The molecule has 2 aromatic rings. The van der Waals surface area contributed by atoms with Crippen LogP contribution in [0.25, 0.3) is 0 Å². The summed E-state index contributed by atoms with van der Waals surface area (Å²) in [5.74, 6) is 0.154. The summed E-state index contributed by atoms with van der Waals surface area (Å²) in [5, 5.41) is 10.1. The first kappa shape index (κ1) is 18.5. The Morgan fingerprint density at radius 3 is 2.42 bits per heavy atom. The Labute approximate surface area is 152 Å². The number of benzene rings is 2. The predicted molar refractivity (Wildman–Crippen MR) is 94.7 cm³/mol. The second-order valence-corrected chi connectivity index (χ2v) is 6.72. The molecule has 4 nitrogen and oxygen atoms in total. The Morgan fingerprint density at radius 2 is 1.77 bits per heavy atom. The molecule has 1 aliphatic rings. The number of rotatable bonds is 6. The largest absolute Gasteiger partial charge is 0.504 e. The highest BCUT2D eigenvalue weighted by Crippen LogP contribution is 2.38. The van der Waals surface area contributed by atoms with E-state index in [2.05, 4.69) is 4.90 Å². The fourth-order valence-electron chi connectivity index (χ4n) is 3.63. The summed E-state index contributed by atoms with van der Waals surface area (Å²) in [6.45, 7) is 2.41. The minimum Gasteiger partial charge on any atom is -0.504 e. The maximum absolute atomic E-state index is 13.3. The van der Waals surface area contributed by atoms with Crippen LogP contribution in [0.3, 0.4) is 0 Å². The third-order valence-electron chi connectivity index (χ3n) is 4.74. The van der Waals surface area contributed by atoms with Gasteiger partial charge in [-0.05, 0) is 60.7 Å². The van der Waals surface area contributed by atoms with E-state index in [-0.39, 0.29) is 5.75 Å². The first-order chi connectivity index (χ1) is 12.5. The van der Waals surface area contributed by atoms with Gasteiger partial charge in [0.1, 0.15) is 11.6 Å². The zero-order chi connectivity index (χ0) is 18.7. The minimum atomic E-state index is -0.532. The van der Waals surface area contributed by atoms with E-state index >= 15 is 0 Å². The summed E-state index contributed by atoms with van der Waals surface area (Å²) in [4.78, 5) is 2.26. The van der Waals surface area contributed by atoms with E-state index < -0.39 is 11.6 Å². The number of phenols is 1. The van der Waals surface area contributed by atoms with Gasteiger partial charge in [-0.25, -0.2) is 8.78 Å². The number of ether oxygens (including phenoxy) is 2. The van der Waals surface area contributed by atoms with Crippen molar-refractivity contribution in [2.45, 2.75) is 19.4 Å². The Kier molecular flexibility index (Phi) is 5.61. The second-order valence-electron chi connectivity index (χ2n) is 6.72. The van der Waals surface area contributed by atoms with Crippen molar-refractivity contribution in [1.82, 2.24) is 4.90 Å². The van der Waals surface area contributed by atoms with Crippen molar-refractivity contribution in [3.05, 3.63) is 53.1 Å². The van der Waals surface area contributed by atoms with Crippen LogP contribution in [0.1, 0.15) is 17.5 Å². The molecule has 140 valence electrons. The summed E-state index contributed by atoms with van der Waals surface area (Å²) >= 11 is 0. The topological polar surface area (TPSA) is 41.9 Å². The van der Waals surface area contributed by atoms with E-state index in [0.29, 0.717) is 35.9 Å². The average Bonchev–Trinajstić information content (AvgIpc) is 3.00. The van der Waals surface area contributed by atoms with Crippen molar-refractivity contribution in [2.75, 3.05) is 27.3 Å². The van der Waals surface area contributed by atoms with E-state index in [1.807, 2.05) is 6.07 Å². The highest BCUT2D eigenvalue weighted by molar-refractivity contribution is 5.53. The molecule has 1 aliphatic heterocycles. The number of phenolic OH excluding ortho intramolecular Hbond substituents is 1. The molecule has 0 aromatic heterocycles. The monoisotopic (exact) mass is 363 g/mol. The van der Waals surface area contributed by atoms with Crippen LogP contribution in [0.2, 0.25) is 0 Å². The Balaban J connectivity index is 1.63. The molecule has 0 bridgehead atoms. The van der Waals surface area contributed by atoms with E-state index in [0.717, 1.165) is 31.1 Å². The Bertz CT molecular complexity index is 762. The molecule has 0 radical (unpaired) electrons. The van der Waals surface area contributed by atoms with Crippen LogP contribution in [-0.2, 0) is 13.0 Å². The molecule has 1 atom stereocenters. The van der Waals surface area contributed by atoms with E-state index in [4.69, 9.17) is 9.47 Å². The van der Waals surface area contributed by atoms with Crippen molar-refractivity contribution in [3.63, 3.8) is 0 Å². The van der Waals surface area contributed by atoms with Crippen molar-refractivity contribution in [2.24, 2.45) is 5.92 Å². The second kappa shape index (κ2) is 7.91. The van der Waals surface area contributed by atoms with Crippen molar-refractivity contribution in [3.8, 4) is 17.2 Å². The van der Waals surface area contributed by atoms with E-state index in [1.54, 1.807) is 6.07 Å². The molecule has 6 heteroatoms. The molecule has 3 rings (SSSR count). The first-order valence-electron chi connectivity index (χ1n) is 8.59.